The molecule has 1 heterocycles. The normalized spacial score (nSPS) is 17.4. The summed E-state index contributed by atoms with van der Waals surface area (Å²) in [5.74, 6) is -0.417. The Morgan fingerprint density at radius 3 is 2.71 bits per heavy atom. The number of rotatable bonds is 3. The van der Waals surface area contributed by atoms with Crippen LogP contribution in [-0.2, 0) is 6.42 Å². The lowest BCUT2D eigenvalue weighted by molar-refractivity contribution is 0.0651. The van der Waals surface area contributed by atoms with E-state index in [0.717, 1.165) is 6.42 Å². The molecule has 0 aromatic carbocycles. The molecule has 1 N–H and O–H groups in total. The smallest absolute Gasteiger partial charge is 0.393 e. The first-order valence-electron chi connectivity index (χ1n) is 4.81. The molecule has 5 heteroatoms. The quantitative estimate of drug-likeness (QED) is 0.792. The summed E-state index contributed by atoms with van der Waals surface area (Å²) < 4.78 is 4.99. The number of carboxylic acid groups (broad SMARTS) is 1. The van der Waals surface area contributed by atoms with E-state index in [1.54, 1.807) is 0 Å². The molecule has 76 valence electrons. The Kier molecular flexibility index (Phi) is 2.47. The highest BCUT2D eigenvalue weighted by Gasteiger charge is 2.20. The van der Waals surface area contributed by atoms with Gasteiger partial charge in [-0.25, -0.2) is 4.79 Å². The molecule has 5 nitrogen and oxygen atoms in total. The van der Waals surface area contributed by atoms with Gasteiger partial charge in [0.15, 0.2) is 0 Å². The van der Waals surface area contributed by atoms with Crippen LogP contribution in [0.3, 0.4) is 0 Å². The fourth-order valence-corrected chi connectivity index (χ4v) is 1.88. The van der Waals surface area contributed by atoms with E-state index in [-0.39, 0.29) is 5.89 Å². The molecule has 14 heavy (non-hydrogen) atoms. The summed E-state index contributed by atoms with van der Waals surface area (Å²) in [7, 11) is 0. The topological polar surface area (TPSA) is 76.2 Å². The van der Waals surface area contributed by atoms with Gasteiger partial charge in [-0.2, -0.15) is 0 Å². The molecule has 2 rings (SSSR count). The zero-order chi connectivity index (χ0) is 9.97. The predicted octanol–water partition coefficient (Wildman–Crippen LogP) is 1.50. The fourth-order valence-electron chi connectivity index (χ4n) is 1.88. The van der Waals surface area contributed by atoms with Crippen molar-refractivity contribution in [2.24, 2.45) is 5.92 Å². The molecule has 0 unspecified atom stereocenters. The second kappa shape index (κ2) is 3.77. The largest absolute Gasteiger partial charge is 0.474 e. The van der Waals surface area contributed by atoms with E-state index >= 15 is 0 Å². The third-order valence-corrected chi connectivity index (χ3v) is 2.59. The van der Waals surface area contributed by atoms with Crippen molar-refractivity contribution in [3.63, 3.8) is 0 Å². The molecule has 1 saturated carbocycles. The molecular formula is C9H12N2O3. The zero-order valence-corrected chi connectivity index (χ0v) is 7.77. The number of nitrogens with zero attached hydrogens (tertiary/aromatic N) is 2. The highest BCUT2D eigenvalue weighted by atomic mass is 16.4. The van der Waals surface area contributed by atoms with Gasteiger partial charge in [-0.1, -0.05) is 12.8 Å². The Morgan fingerprint density at radius 1 is 1.43 bits per heavy atom. The molecule has 1 aromatic heterocycles. The highest BCUT2D eigenvalue weighted by molar-refractivity contribution is 5.81. The molecule has 0 bridgehead atoms. The predicted molar refractivity (Wildman–Crippen MR) is 46.9 cm³/mol. The molecule has 0 amide bonds. The average molecular weight is 196 g/mol. The van der Waals surface area contributed by atoms with Crippen LogP contribution in [0.5, 0.6) is 0 Å². The van der Waals surface area contributed by atoms with Gasteiger partial charge < -0.3 is 9.52 Å². The first kappa shape index (κ1) is 9.18. The number of hydrogen-bond acceptors (Lipinski definition) is 4. The summed E-state index contributed by atoms with van der Waals surface area (Å²) in [6.45, 7) is 0. The average Bonchev–Trinajstić information content (AvgIpc) is 2.75. The lowest BCUT2D eigenvalue weighted by Crippen LogP contribution is -1.98. The standard InChI is InChI=1S/C9H12N2O3/c12-9(13)8-11-10-7(14-8)5-6-3-1-2-4-6/h6H,1-5H2,(H,12,13). The Hall–Kier alpha value is -1.39. The molecule has 0 atom stereocenters. The lowest BCUT2D eigenvalue weighted by atomic mass is 10.0. The van der Waals surface area contributed by atoms with E-state index in [1.807, 2.05) is 0 Å². The van der Waals surface area contributed by atoms with Crippen LogP contribution >= 0.6 is 0 Å². The van der Waals surface area contributed by atoms with Crippen molar-refractivity contribution in [2.75, 3.05) is 0 Å². The summed E-state index contributed by atoms with van der Waals surface area (Å²) in [6, 6.07) is 0. The number of hydrogen-bond donors (Lipinski definition) is 1. The van der Waals surface area contributed by atoms with Crippen LogP contribution in [0.25, 0.3) is 0 Å². The Balaban J connectivity index is 1.98. The molecule has 1 aliphatic rings. The molecule has 0 saturated heterocycles. The van der Waals surface area contributed by atoms with Gasteiger partial charge in [0.05, 0.1) is 0 Å². The first-order valence-corrected chi connectivity index (χ1v) is 4.81. The van der Waals surface area contributed by atoms with Gasteiger partial charge in [0.2, 0.25) is 5.89 Å². The second-order valence-electron chi connectivity index (χ2n) is 3.66. The number of carboxylic acids is 1. The molecule has 1 fully saturated rings. The maximum Gasteiger partial charge on any atom is 0.393 e. The summed E-state index contributed by atoms with van der Waals surface area (Å²) in [5, 5.41) is 15.7. The van der Waals surface area contributed by atoms with Crippen molar-refractivity contribution in [2.45, 2.75) is 32.1 Å². The van der Waals surface area contributed by atoms with E-state index in [2.05, 4.69) is 10.2 Å². The van der Waals surface area contributed by atoms with E-state index in [0.29, 0.717) is 11.8 Å². The molecular weight excluding hydrogens is 184 g/mol. The van der Waals surface area contributed by atoms with Crippen LogP contribution in [0, 0.1) is 5.92 Å². The van der Waals surface area contributed by atoms with Gasteiger partial charge in [-0.15, -0.1) is 10.2 Å². The van der Waals surface area contributed by atoms with Crippen LogP contribution in [-0.4, -0.2) is 21.3 Å². The van der Waals surface area contributed by atoms with E-state index in [4.69, 9.17) is 9.52 Å². The van der Waals surface area contributed by atoms with Gasteiger partial charge in [-0.3, -0.25) is 0 Å². The number of carbonyl (C=O) groups is 1. The second-order valence-corrected chi connectivity index (χ2v) is 3.66. The highest BCUT2D eigenvalue weighted by Crippen LogP contribution is 2.27. The minimum atomic E-state index is -1.16. The van der Waals surface area contributed by atoms with E-state index in [1.165, 1.54) is 25.7 Å². The molecule has 0 radical (unpaired) electrons. The minimum Gasteiger partial charge on any atom is -0.474 e. The van der Waals surface area contributed by atoms with Crippen molar-refractivity contribution in [1.82, 2.24) is 10.2 Å². The van der Waals surface area contributed by atoms with E-state index in [9.17, 15) is 4.79 Å². The van der Waals surface area contributed by atoms with Crippen molar-refractivity contribution in [3.05, 3.63) is 11.8 Å². The maximum absolute atomic E-state index is 10.5. The molecule has 1 aromatic rings. The SMILES string of the molecule is O=C(O)c1nnc(CC2CCCC2)o1. The Labute approximate surface area is 81.1 Å². The first-order chi connectivity index (χ1) is 6.75. The third-order valence-electron chi connectivity index (χ3n) is 2.59. The zero-order valence-electron chi connectivity index (χ0n) is 7.77. The summed E-state index contributed by atoms with van der Waals surface area (Å²) in [4.78, 5) is 10.5. The molecule has 1 aliphatic carbocycles. The van der Waals surface area contributed by atoms with Crippen LogP contribution in [0.1, 0.15) is 42.3 Å². The van der Waals surface area contributed by atoms with Gasteiger partial charge >= 0.3 is 11.9 Å². The lowest BCUT2D eigenvalue weighted by Gasteiger charge is -2.02. The van der Waals surface area contributed by atoms with Crippen molar-refractivity contribution < 1.29 is 14.3 Å². The van der Waals surface area contributed by atoms with Crippen molar-refractivity contribution in [3.8, 4) is 0 Å². The third kappa shape index (κ3) is 1.92. The molecule has 0 spiro atoms. The van der Waals surface area contributed by atoms with Crippen LogP contribution < -0.4 is 0 Å². The van der Waals surface area contributed by atoms with Gasteiger partial charge in [0.1, 0.15) is 0 Å². The Bertz CT molecular complexity index is 329. The van der Waals surface area contributed by atoms with Gasteiger partial charge in [0, 0.05) is 6.42 Å². The van der Waals surface area contributed by atoms with Crippen molar-refractivity contribution >= 4 is 5.97 Å². The molecule has 0 aliphatic heterocycles. The monoisotopic (exact) mass is 196 g/mol. The van der Waals surface area contributed by atoms with Crippen LogP contribution in [0.4, 0.5) is 0 Å². The number of aromatic carboxylic acids is 1. The van der Waals surface area contributed by atoms with Crippen molar-refractivity contribution in [1.29, 1.82) is 0 Å². The number of aromatic nitrogens is 2. The summed E-state index contributed by atoms with van der Waals surface area (Å²) in [6.07, 6.45) is 5.60. The van der Waals surface area contributed by atoms with Gasteiger partial charge in [-0.05, 0) is 18.8 Å². The minimum absolute atomic E-state index is 0.307. The Morgan fingerprint density at radius 2 is 2.14 bits per heavy atom. The maximum atomic E-state index is 10.5. The fraction of sp³-hybridized carbons (Fsp3) is 0.667. The van der Waals surface area contributed by atoms with Crippen LogP contribution in [0.15, 0.2) is 4.42 Å². The van der Waals surface area contributed by atoms with Gasteiger partial charge in [0.25, 0.3) is 0 Å². The summed E-state index contributed by atoms with van der Waals surface area (Å²) >= 11 is 0. The summed E-state index contributed by atoms with van der Waals surface area (Å²) in [5.41, 5.74) is 0. The van der Waals surface area contributed by atoms with Crippen LogP contribution in [0.2, 0.25) is 0 Å². The van der Waals surface area contributed by atoms with E-state index < -0.39 is 5.97 Å².